The van der Waals surface area contributed by atoms with Gasteiger partial charge in [0.25, 0.3) is 0 Å². The van der Waals surface area contributed by atoms with Gasteiger partial charge in [-0.05, 0) is 57.7 Å². The third-order valence-corrected chi connectivity index (χ3v) is 10.0. The van der Waals surface area contributed by atoms with E-state index < -0.39 is 0 Å². The second kappa shape index (κ2) is 9.56. The largest absolute Gasteiger partial charge is 0.369 e. The number of allylic oxidation sites excluding steroid dienone is 3. The normalized spacial score (nSPS) is 27.1. The zero-order chi connectivity index (χ0) is 25.9. The van der Waals surface area contributed by atoms with Crippen LogP contribution in [-0.2, 0) is 37.4 Å². The van der Waals surface area contributed by atoms with Crippen molar-refractivity contribution in [3.8, 4) is 0 Å². The van der Waals surface area contributed by atoms with Crippen LogP contribution in [-0.4, -0.2) is 57.1 Å². The van der Waals surface area contributed by atoms with E-state index in [-0.39, 0.29) is 11.0 Å². The molecule has 1 fully saturated rings. The Labute approximate surface area is 233 Å². The molecule has 2 aliphatic heterocycles. The number of aromatic nitrogens is 4. The molecule has 0 radical (unpaired) electrons. The van der Waals surface area contributed by atoms with Gasteiger partial charge < -0.3 is 14.5 Å². The van der Waals surface area contributed by atoms with Crippen LogP contribution < -0.4 is 4.90 Å². The van der Waals surface area contributed by atoms with Crippen molar-refractivity contribution < 1.29 is 4.74 Å². The molecule has 0 saturated heterocycles. The molecule has 4 heterocycles. The minimum Gasteiger partial charge on any atom is -0.369 e. The molecular weight excluding hydrogens is 527 g/mol. The Balaban J connectivity index is 1.36. The number of halogens is 2. The monoisotopic (exact) mass is 560 g/mol. The highest BCUT2D eigenvalue weighted by Gasteiger charge is 2.58. The predicted octanol–water partition coefficient (Wildman–Crippen LogP) is 5.58. The third kappa shape index (κ3) is 4.15. The summed E-state index contributed by atoms with van der Waals surface area (Å²) in [4.78, 5) is 14.5. The van der Waals surface area contributed by atoms with Crippen LogP contribution in [0.3, 0.4) is 0 Å². The third-order valence-electron chi connectivity index (χ3n) is 8.67. The maximum Gasteiger partial charge on any atom is 0.189 e. The van der Waals surface area contributed by atoms with E-state index in [0.717, 1.165) is 95.4 Å². The summed E-state index contributed by atoms with van der Waals surface area (Å²) in [5, 5.41) is 7.30. The van der Waals surface area contributed by atoms with E-state index in [2.05, 4.69) is 33.6 Å². The second-order valence-electron chi connectivity index (χ2n) is 11.1. The Hall–Kier alpha value is -1.58. The molecule has 0 N–H and O–H groups in total. The van der Waals surface area contributed by atoms with Gasteiger partial charge in [-0.25, -0.2) is 9.97 Å². The molecule has 2 atom stereocenters. The summed E-state index contributed by atoms with van der Waals surface area (Å²) in [6.07, 6.45) is 11.0. The lowest BCUT2D eigenvalue weighted by molar-refractivity contribution is -0.122. The number of anilines is 1. The van der Waals surface area contributed by atoms with E-state index in [1.807, 2.05) is 20.4 Å². The number of ether oxygens (including phenoxy) is 1. The number of thioether (sulfide) groups is 1. The first-order valence-electron chi connectivity index (χ1n) is 13.0. The van der Waals surface area contributed by atoms with Gasteiger partial charge in [-0.1, -0.05) is 48.0 Å². The van der Waals surface area contributed by atoms with Crippen molar-refractivity contribution in [2.75, 3.05) is 31.8 Å². The number of fused-ring (bicyclic) bond motifs is 4. The van der Waals surface area contributed by atoms with Crippen LogP contribution in [0.1, 0.15) is 55.3 Å². The van der Waals surface area contributed by atoms with Crippen molar-refractivity contribution in [2.45, 2.75) is 76.0 Å². The molecule has 0 amide bonds. The standard InChI is InChI=1S/C27H34Cl2N6OS/c1-26-9-5-7-19(28)18(26)8-10-27(26)13-20-17(16-36-27)24(31-25(30-20)37-4)34-11-6-12-35-22(15-34)23(29)21(32-35)14-33(2)3/h5,7H,6,8-16H2,1-4H3/t26?,27-/m0/s1. The minimum atomic E-state index is -0.288. The fourth-order valence-corrected chi connectivity index (χ4v) is 7.68. The van der Waals surface area contributed by atoms with Gasteiger partial charge >= 0.3 is 0 Å². The molecule has 2 aliphatic carbocycles. The highest BCUT2D eigenvalue weighted by molar-refractivity contribution is 7.98. The average Bonchev–Trinajstić information content (AvgIpc) is 3.20. The Morgan fingerprint density at radius 3 is 2.84 bits per heavy atom. The highest BCUT2D eigenvalue weighted by Crippen LogP contribution is 2.60. The van der Waals surface area contributed by atoms with Gasteiger partial charge in [0.1, 0.15) is 5.82 Å². The maximum atomic E-state index is 6.87. The van der Waals surface area contributed by atoms with Gasteiger partial charge in [0, 0.05) is 42.1 Å². The van der Waals surface area contributed by atoms with Crippen molar-refractivity contribution >= 4 is 40.8 Å². The summed E-state index contributed by atoms with van der Waals surface area (Å²) in [6.45, 7) is 5.97. The van der Waals surface area contributed by atoms with Crippen molar-refractivity contribution in [1.82, 2.24) is 24.6 Å². The van der Waals surface area contributed by atoms with Crippen LogP contribution in [0.15, 0.2) is 27.9 Å². The number of hydrogen-bond acceptors (Lipinski definition) is 7. The summed E-state index contributed by atoms with van der Waals surface area (Å²) >= 11 is 15.1. The Morgan fingerprint density at radius 1 is 1.22 bits per heavy atom. The fraction of sp³-hybridized carbons (Fsp3) is 0.593. The van der Waals surface area contributed by atoms with E-state index in [9.17, 15) is 0 Å². The molecule has 6 rings (SSSR count). The molecule has 7 nitrogen and oxygen atoms in total. The van der Waals surface area contributed by atoms with Gasteiger partial charge in [0.05, 0.1) is 40.9 Å². The first-order chi connectivity index (χ1) is 17.7. The summed E-state index contributed by atoms with van der Waals surface area (Å²) in [7, 11) is 4.08. The second-order valence-corrected chi connectivity index (χ2v) is 12.7. The van der Waals surface area contributed by atoms with Crippen molar-refractivity contribution in [3.05, 3.63) is 50.4 Å². The summed E-state index contributed by atoms with van der Waals surface area (Å²) in [5.41, 5.74) is 5.16. The Morgan fingerprint density at radius 2 is 2.05 bits per heavy atom. The van der Waals surface area contributed by atoms with E-state index >= 15 is 0 Å². The number of aryl methyl sites for hydroxylation is 1. The van der Waals surface area contributed by atoms with Crippen LogP contribution in [0, 0.1) is 5.41 Å². The van der Waals surface area contributed by atoms with Gasteiger partial charge in [-0.15, -0.1) is 0 Å². The molecule has 37 heavy (non-hydrogen) atoms. The molecule has 2 aromatic heterocycles. The Kier molecular flexibility index (Phi) is 6.64. The lowest BCUT2D eigenvalue weighted by Gasteiger charge is -2.47. The summed E-state index contributed by atoms with van der Waals surface area (Å²) < 4.78 is 8.95. The molecule has 10 heteroatoms. The minimum absolute atomic E-state index is 0.105. The lowest BCUT2D eigenvalue weighted by Crippen LogP contribution is -2.50. The molecule has 0 bridgehead atoms. The van der Waals surface area contributed by atoms with E-state index in [1.54, 1.807) is 11.8 Å². The summed E-state index contributed by atoms with van der Waals surface area (Å²) in [5.74, 6) is 0.976. The van der Waals surface area contributed by atoms with Crippen LogP contribution in [0.5, 0.6) is 0 Å². The van der Waals surface area contributed by atoms with Crippen molar-refractivity contribution in [2.24, 2.45) is 5.41 Å². The Bertz CT molecular complexity index is 1310. The molecule has 1 unspecified atom stereocenters. The first-order valence-corrected chi connectivity index (χ1v) is 15.0. The first kappa shape index (κ1) is 25.7. The predicted molar refractivity (Wildman–Crippen MR) is 149 cm³/mol. The van der Waals surface area contributed by atoms with Gasteiger partial charge in [0.2, 0.25) is 0 Å². The number of nitrogens with zero attached hydrogens (tertiary/aromatic N) is 6. The van der Waals surface area contributed by atoms with Crippen LogP contribution in [0.4, 0.5) is 5.82 Å². The molecule has 198 valence electrons. The topological polar surface area (TPSA) is 59.3 Å². The zero-order valence-electron chi connectivity index (χ0n) is 22.0. The maximum absolute atomic E-state index is 6.87. The van der Waals surface area contributed by atoms with Crippen LogP contribution in [0.25, 0.3) is 0 Å². The van der Waals surface area contributed by atoms with Gasteiger partial charge in [0.15, 0.2) is 5.16 Å². The molecule has 1 saturated carbocycles. The highest BCUT2D eigenvalue weighted by atomic mass is 35.5. The SMILES string of the molecule is CSc1nc2c(c(N3CCCn4nc(CN(C)C)c(Cl)c4C3)n1)CO[C@@]1(CCC3=C(Cl)C=CCC31C)C2. The quantitative estimate of drug-likeness (QED) is 0.357. The molecule has 1 spiro atoms. The zero-order valence-corrected chi connectivity index (χ0v) is 24.3. The van der Waals surface area contributed by atoms with E-state index in [4.69, 9.17) is 43.0 Å². The number of hydrogen-bond donors (Lipinski definition) is 0. The van der Waals surface area contributed by atoms with Crippen molar-refractivity contribution in [1.29, 1.82) is 0 Å². The molecule has 4 aliphatic rings. The van der Waals surface area contributed by atoms with Crippen LogP contribution in [0.2, 0.25) is 5.02 Å². The van der Waals surface area contributed by atoms with E-state index in [0.29, 0.717) is 13.2 Å². The molecule has 2 aromatic rings. The van der Waals surface area contributed by atoms with E-state index in [1.165, 1.54) is 5.57 Å². The number of rotatable bonds is 4. The van der Waals surface area contributed by atoms with Crippen LogP contribution >= 0.6 is 35.0 Å². The summed E-state index contributed by atoms with van der Waals surface area (Å²) in [6, 6.07) is 0. The molecular formula is C27H34Cl2N6OS. The van der Waals surface area contributed by atoms with Gasteiger partial charge in [-0.3, -0.25) is 4.68 Å². The van der Waals surface area contributed by atoms with Gasteiger partial charge in [-0.2, -0.15) is 5.10 Å². The van der Waals surface area contributed by atoms with Crippen molar-refractivity contribution in [3.63, 3.8) is 0 Å². The molecule has 0 aromatic carbocycles. The average molecular weight is 562 g/mol. The lowest BCUT2D eigenvalue weighted by atomic mass is 9.66. The fourth-order valence-electron chi connectivity index (χ4n) is 6.65. The smallest absolute Gasteiger partial charge is 0.189 e.